The first-order valence-corrected chi connectivity index (χ1v) is 7.91. The molecule has 3 nitrogen and oxygen atoms in total. The van der Waals surface area contributed by atoms with Crippen LogP contribution in [0.25, 0.3) is 0 Å². The lowest BCUT2D eigenvalue weighted by atomic mass is 9.93. The number of nitrogens with zero attached hydrogens (tertiary/aromatic N) is 1. The number of hydrogen-bond donors (Lipinski definition) is 1. The normalized spacial score (nSPS) is 46.0. The third kappa shape index (κ3) is 2.59. The standard InChI is InChI=1S/C15H28N2O/c1-3-12-7-9-17(8-6-11(2)16-12)14-10-13-4-5-15(14)18-13/h11-16H,3-10H2,1-2H3. The van der Waals surface area contributed by atoms with Crippen LogP contribution in [0.1, 0.15) is 52.4 Å². The third-order valence-electron chi connectivity index (χ3n) is 5.17. The van der Waals surface area contributed by atoms with Gasteiger partial charge in [0.05, 0.1) is 12.2 Å². The van der Waals surface area contributed by atoms with Crippen LogP contribution in [0.15, 0.2) is 0 Å². The van der Waals surface area contributed by atoms with Gasteiger partial charge in [0, 0.05) is 31.2 Å². The summed E-state index contributed by atoms with van der Waals surface area (Å²) in [5.41, 5.74) is 0. The molecule has 0 aromatic heterocycles. The molecule has 0 aromatic carbocycles. The summed E-state index contributed by atoms with van der Waals surface area (Å²) in [6, 6.07) is 2.10. The van der Waals surface area contributed by atoms with Crippen molar-refractivity contribution in [2.24, 2.45) is 0 Å². The summed E-state index contributed by atoms with van der Waals surface area (Å²) in [6.07, 6.45) is 8.88. The molecule has 3 rings (SSSR count). The summed E-state index contributed by atoms with van der Waals surface area (Å²) in [7, 11) is 0. The van der Waals surface area contributed by atoms with Gasteiger partial charge in [-0.1, -0.05) is 6.92 Å². The van der Waals surface area contributed by atoms with Gasteiger partial charge < -0.3 is 10.1 Å². The van der Waals surface area contributed by atoms with Gasteiger partial charge in [0.2, 0.25) is 0 Å². The zero-order chi connectivity index (χ0) is 12.5. The third-order valence-corrected chi connectivity index (χ3v) is 5.17. The van der Waals surface area contributed by atoms with E-state index in [-0.39, 0.29) is 0 Å². The molecule has 1 N–H and O–H groups in total. The van der Waals surface area contributed by atoms with E-state index in [0.29, 0.717) is 24.3 Å². The fourth-order valence-electron chi connectivity index (χ4n) is 4.01. The lowest BCUT2D eigenvalue weighted by molar-refractivity contribution is 0.0636. The summed E-state index contributed by atoms with van der Waals surface area (Å²) in [5, 5.41) is 3.76. The summed E-state index contributed by atoms with van der Waals surface area (Å²) < 4.78 is 6.03. The van der Waals surface area contributed by atoms with Crippen molar-refractivity contribution < 1.29 is 4.74 Å². The van der Waals surface area contributed by atoms with Crippen LogP contribution in [0.5, 0.6) is 0 Å². The van der Waals surface area contributed by atoms with E-state index in [1.807, 2.05) is 0 Å². The Balaban J connectivity index is 1.61. The van der Waals surface area contributed by atoms with Gasteiger partial charge in [-0.2, -0.15) is 0 Å². The van der Waals surface area contributed by atoms with Crippen molar-refractivity contribution in [1.29, 1.82) is 0 Å². The summed E-state index contributed by atoms with van der Waals surface area (Å²) in [4.78, 5) is 2.74. The Morgan fingerprint density at radius 1 is 1.17 bits per heavy atom. The molecule has 0 saturated carbocycles. The molecular formula is C15H28N2O. The second-order valence-corrected chi connectivity index (χ2v) is 6.46. The SMILES string of the molecule is CCC1CCN(C2CC3CCC2O3)CCC(C)N1. The number of ether oxygens (including phenoxy) is 1. The minimum atomic E-state index is 0.553. The van der Waals surface area contributed by atoms with Crippen molar-refractivity contribution in [1.82, 2.24) is 10.2 Å². The van der Waals surface area contributed by atoms with Crippen LogP contribution >= 0.6 is 0 Å². The molecule has 0 aliphatic carbocycles. The molecule has 18 heavy (non-hydrogen) atoms. The average Bonchev–Trinajstić information content (AvgIpc) is 2.96. The minimum Gasteiger partial charge on any atom is -0.373 e. The minimum absolute atomic E-state index is 0.553. The van der Waals surface area contributed by atoms with Crippen LogP contribution in [-0.4, -0.2) is 48.3 Å². The van der Waals surface area contributed by atoms with Gasteiger partial charge in [-0.25, -0.2) is 0 Å². The van der Waals surface area contributed by atoms with Gasteiger partial charge in [-0.15, -0.1) is 0 Å². The second kappa shape index (κ2) is 5.48. The Morgan fingerprint density at radius 2 is 2.00 bits per heavy atom. The molecule has 5 unspecified atom stereocenters. The van der Waals surface area contributed by atoms with Crippen molar-refractivity contribution in [3.63, 3.8) is 0 Å². The van der Waals surface area contributed by atoms with Crippen molar-refractivity contribution in [3.05, 3.63) is 0 Å². The summed E-state index contributed by atoms with van der Waals surface area (Å²) >= 11 is 0. The first kappa shape index (κ1) is 12.9. The molecule has 3 heterocycles. The molecule has 0 radical (unpaired) electrons. The van der Waals surface area contributed by atoms with Crippen LogP contribution in [0.2, 0.25) is 0 Å². The highest BCUT2D eigenvalue weighted by molar-refractivity contribution is 4.96. The van der Waals surface area contributed by atoms with E-state index in [0.717, 1.165) is 6.04 Å². The first-order valence-electron chi connectivity index (χ1n) is 7.91. The van der Waals surface area contributed by atoms with Gasteiger partial charge in [-0.05, 0) is 45.4 Å². The quantitative estimate of drug-likeness (QED) is 0.815. The van der Waals surface area contributed by atoms with Gasteiger partial charge >= 0.3 is 0 Å². The molecule has 3 saturated heterocycles. The van der Waals surface area contributed by atoms with E-state index >= 15 is 0 Å². The number of fused-ring (bicyclic) bond motifs is 2. The van der Waals surface area contributed by atoms with E-state index in [9.17, 15) is 0 Å². The van der Waals surface area contributed by atoms with E-state index < -0.39 is 0 Å². The maximum atomic E-state index is 6.03. The van der Waals surface area contributed by atoms with Gasteiger partial charge in [0.1, 0.15) is 0 Å². The van der Waals surface area contributed by atoms with E-state index in [1.54, 1.807) is 0 Å². The van der Waals surface area contributed by atoms with Crippen LogP contribution in [0.4, 0.5) is 0 Å². The predicted octanol–water partition coefficient (Wildman–Crippen LogP) is 2.16. The molecule has 104 valence electrons. The molecule has 3 aliphatic rings. The van der Waals surface area contributed by atoms with E-state index in [4.69, 9.17) is 4.74 Å². The van der Waals surface area contributed by atoms with E-state index in [1.165, 1.54) is 51.6 Å². The molecule has 5 atom stereocenters. The van der Waals surface area contributed by atoms with E-state index in [2.05, 4.69) is 24.1 Å². The van der Waals surface area contributed by atoms with Gasteiger partial charge in [0.25, 0.3) is 0 Å². The fourth-order valence-corrected chi connectivity index (χ4v) is 4.01. The zero-order valence-corrected chi connectivity index (χ0v) is 11.9. The summed E-state index contributed by atoms with van der Waals surface area (Å²) in [5.74, 6) is 0. The molecule has 0 aromatic rings. The largest absolute Gasteiger partial charge is 0.373 e. The molecule has 2 bridgehead atoms. The molecule has 0 amide bonds. The Morgan fingerprint density at radius 3 is 2.67 bits per heavy atom. The van der Waals surface area contributed by atoms with Crippen molar-refractivity contribution in [3.8, 4) is 0 Å². The van der Waals surface area contributed by atoms with Crippen LogP contribution in [0, 0.1) is 0 Å². The van der Waals surface area contributed by atoms with Crippen molar-refractivity contribution >= 4 is 0 Å². The number of nitrogens with one attached hydrogen (secondary N) is 1. The second-order valence-electron chi connectivity index (χ2n) is 6.46. The number of rotatable bonds is 2. The highest BCUT2D eigenvalue weighted by Gasteiger charge is 2.43. The van der Waals surface area contributed by atoms with Crippen molar-refractivity contribution in [2.75, 3.05) is 13.1 Å². The highest BCUT2D eigenvalue weighted by Crippen LogP contribution is 2.37. The smallest absolute Gasteiger partial charge is 0.0735 e. The predicted molar refractivity (Wildman–Crippen MR) is 73.8 cm³/mol. The first-order chi connectivity index (χ1) is 8.76. The van der Waals surface area contributed by atoms with Gasteiger partial charge in [0.15, 0.2) is 0 Å². The van der Waals surface area contributed by atoms with Gasteiger partial charge in [-0.3, -0.25) is 4.90 Å². The number of hydrogen-bond acceptors (Lipinski definition) is 3. The zero-order valence-electron chi connectivity index (χ0n) is 11.9. The molecule has 0 spiro atoms. The molecule has 3 fully saturated rings. The molecule has 3 aliphatic heterocycles. The average molecular weight is 252 g/mol. The maximum Gasteiger partial charge on any atom is 0.0735 e. The maximum absolute atomic E-state index is 6.03. The molecular weight excluding hydrogens is 224 g/mol. The Hall–Kier alpha value is -0.120. The monoisotopic (exact) mass is 252 g/mol. The Bertz CT molecular complexity index is 284. The Kier molecular flexibility index (Phi) is 3.92. The Labute approximate surface area is 111 Å². The topological polar surface area (TPSA) is 24.5 Å². The van der Waals surface area contributed by atoms with Crippen molar-refractivity contribution in [2.45, 2.75) is 82.7 Å². The van der Waals surface area contributed by atoms with Crippen LogP contribution in [0.3, 0.4) is 0 Å². The van der Waals surface area contributed by atoms with Crippen LogP contribution in [-0.2, 0) is 4.74 Å². The highest BCUT2D eigenvalue weighted by atomic mass is 16.5. The lowest BCUT2D eigenvalue weighted by Crippen LogP contribution is -2.49. The summed E-state index contributed by atoms with van der Waals surface area (Å²) in [6.45, 7) is 7.15. The fraction of sp³-hybridized carbons (Fsp3) is 1.00. The molecule has 3 heteroatoms. The lowest BCUT2D eigenvalue weighted by Gasteiger charge is -2.37. The van der Waals surface area contributed by atoms with Crippen LogP contribution < -0.4 is 5.32 Å².